The zero-order valence-corrected chi connectivity index (χ0v) is 14.9. The summed E-state index contributed by atoms with van der Waals surface area (Å²) in [6, 6.07) is 5.89. The molecule has 25 heavy (non-hydrogen) atoms. The summed E-state index contributed by atoms with van der Waals surface area (Å²) in [6.45, 7) is 4.84. The van der Waals surface area contributed by atoms with Crippen LogP contribution in [0, 0.1) is 13.8 Å². The minimum atomic E-state index is -1.04. The van der Waals surface area contributed by atoms with E-state index < -0.39 is 17.9 Å². The number of aliphatic carboxylic acids is 1. The van der Waals surface area contributed by atoms with Crippen LogP contribution in [0.25, 0.3) is 0 Å². The van der Waals surface area contributed by atoms with E-state index in [0.29, 0.717) is 27.4 Å². The van der Waals surface area contributed by atoms with Gasteiger partial charge in [-0.1, -0.05) is 23.7 Å². The van der Waals surface area contributed by atoms with Crippen LogP contribution in [0.5, 0.6) is 0 Å². The number of aromatic amines is 1. The number of halogens is 1. The molecule has 0 fully saturated rings. The minimum absolute atomic E-state index is 0.134. The van der Waals surface area contributed by atoms with Crippen molar-refractivity contribution in [2.75, 3.05) is 0 Å². The Bertz CT molecular complexity index is 824. The number of aromatic nitrogens is 1. The van der Waals surface area contributed by atoms with E-state index in [4.69, 9.17) is 16.7 Å². The van der Waals surface area contributed by atoms with E-state index in [1.165, 1.54) is 6.92 Å². The van der Waals surface area contributed by atoms with Crippen LogP contribution in [-0.2, 0) is 4.79 Å². The third-order valence-electron chi connectivity index (χ3n) is 3.97. The Morgan fingerprint density at radius 1 is 1.20 bits per heavy atom. The number of nitrogens with one attached hydrogen (secondary N) is 2. The predicted molar refractivity (Wildman–Crippen MR) is 94.2 cm³/mol. The third kappa shape index (κ3) is 4.28. The van der Waals surface area contributed by atoms with Crippen molar-refractivity contribution in [2.24, 2.45) is 0 Å². The lowest BCUT2D eigenvalue weighted by Gasteiger charge is -2.17. The van der Waals surface area contributed by atoms with Crippen molar-refractivity contribution in [3.63, 3.8) is 0 Å². The van der Waals surface area contributed by atoms with Crippen molar-refractivity contribution in [1.82, 2.24) is 10.3 Å². The van der Waals surface area contributed by atoms with Gasteiger partial charge in [-0.25, -0.2) is 0 Å². The summed E-state index contributed by atoms with van der Waals surface area (Å²) in [5.74, 6) is -1.64. The predicted octanol–water partition coefficient (Wildman–Crippen LogP) is 3.43. The van der Waals surface area contributed by atoms with Gasteiger partial charge in [-0.2, -0.15) is 0 Å². The van der Waals surface area contributed by atoms with Crippen molar-refractivity contribution in [1.29, 1.82) is 0 Å². The monoisotopic (exact) mass is 362 g/mol. The molecule has 0 saturated heterocycles. The highest BCUT2D eigenvalue weighted by molar-refractivity contribution is 6.30. The zero-order valence-electron chi connectivity index (χ0n) is 14.1. The molecule has 1 heterocycles. The van der Waals surface area contributed by atoms with Crippen LogP contribution in [-0.4, -0.2) is 27.8 Å². The Labute approximate surface area is 150 Å². The Morgan fingerprint density at radius 2 is 1.80 bits per heavy atom. The van der Waals surface area contributed by atoms with Gasteiger partial charge in [0.25, 0.3) is 5.91 Å². The number of hydrogen-bond acceptors (Lipinski definition) is 3. The van der Waals surface area contributed by atoms with Crippen molar-refractivity contribution in [3.05, 3.63) is 57.4 Å². The lowest BCUT2D eigenvalue weighted by molar-refractivity contribution is -0.137. The summed E-state index contributed by atoms with van der Waals surface area (Å²) in [5.41, 5.74) is 2.52. The van der Waals surface area contributed by atoms with E-state index in [1.54, 1.807) is 38.1 Å². The molecule has 6 nitrogen and oxygen atoms in total. The van der Waals surface area contributed by atoms with E-state index in [0.717, 1.165) is 0 Å². The number of aryl methyl sites for hydroxylation is 1. The largest absolute Gasteiger partial charge is 0.481 e. The van der Waals surface area contributed by atoms with Crippen molar-refractivity contribution in [3.8, 4) is 0 Å². The fourth-order valence-electron chi connectivity index (χ4n) is 2.86. The van der Waals surface area contributed by atoms with Crippen LogP contribution < -0.4 is 5.32 Å². The fourth-order valence-corrected chi connectivity index (χ4v) is 2.98. The first-order chi connectivity index (χ1) is 11.7. The molecule has 1 amide bonds. The summed E-state index contributed by atoms with van der Waals surface area (Å²) in [6.07, 6.45) is -0.272. The summed E-state index contributed by atoms with van der Waals surface area (Å²) in [7, 11) is 0. The number of amides is 1. The smallest absolute Gasteiger partial charge is 0.305 e. The number of carbonyl (C=O) groups excluding carboxylic acids is 2. The van der Waals surface area contributed by atoms with Gasteiger partial charge in [0.1, 0.15) is 5.69 Å². The van der Waals surface area contributed by atoms with Gasteiger partial charge in [0, 0.05) is 16.3 Å². The second-order valence-corrected chi connectivity index (χ2v) is 6.29. The summed E-state index contributed by atoms with van der Waals surface area (Å²) in [5, 5.41) is 12.4. The van der Waals surface area contributed by atoms with E-state index in [-0.39, 0.29) is 17.9 Å². The van der Waals surface area contributed by atoms with Gasteiger partial charge in [-0.15, -0.1) is 0 Å². The lowest BCUT2D eigenvalue weighted by atomic mass is 10.0. The molecule has 0 spiro atoms. The quantitative estimate of drug-likeness (QED) is 0.685. The van der Waals surface area contributed by atoms with Crippen LogP contribution in [0.15, 0.2) is 24.3 Å². The van der Waals surface area contributed by atoms with E-state index in [2.05, 4.69) is 10.3 Å². The first-order valence-corrected chi connectivity index (χ1v) is 8.06. The molecule has 0 aliphatic carbocycles. The Hall–Kier alpha value is -2.60. The first kappa shape index (κ1) is 18.7. The number of hydrogen-bond donors (Lipinski definition) is 3. The molecule has 7 heteroatoms. The number of carboxylic acids is 1. The molecular weight excluding hydrogens is 344 g/mol. The number of rotatable bonds is 6. The van der Waals surface area contributed by atoms with Crippen molar-refractivity contribution in [2.45, 2.75) is 33.2 Å². The highest BCUT2D eigenvalue weighted by Gasteiger charge is 2.23. The SMILES string of the molecule is CC(=O)c1c(C)[nH]c(C(=O)N[C@@H](CC(=O)O)c2ccc(Cl)cc2)c1C. The summed E-state index contributed by atoms with van der Waals surface area (Å²) >= 11 is 5.85. The van der Waals surface area contributed by atoms with E-state index >= 15 is 0 Å². The topological polar surface area (TPSA) is 99.3 Å². The Balaban J connectivity index is 2.31. The molecule has 3 N–H and O–H groups in total. The lowest BCUT2D eigenvalue weighted by Crippen LogP contribution is -2.31. The Morgan fingerprint density at radius 3 is 2.28 bits per heavy atom. The number of ketones is 1. The van der Waals surface area contributed by atoms with Crippen LogP contribution in [0.1, 0.15) is 57.1 Å². The maximum Gasteiger partial charge on any atom is 0.305 e. The highest BCUT2D eigenvalue weighted by Crippen LogP contribution is 2.22. The normalized spacial score (nSPS) is 11.8. The van der Waals surface area contributed by atoms with Crippen molar-refractivity contribution >= 4 is 29.3 Å². The highest BCUT2D eigenvalue weighted by atomic mass is 35.5. The molecule has 0 aliphatic rings. The number of carboxylic acid groups (broad SMARTS) is 1. The van der Waals surface area contributed by atoms with Crippen LogP contribution in [0.4, 0.5) is 0 Å². The molecule has 0 saturated carbocycles. The number of Topliss-reactive ketones (excluding diaryl/α,β-unsaturated/α-hetero) is 1. The van der Waals surface area contributed by atoms with Gasteiger partial charge in [-0.05, 0) is 44.0 Å². The first-order valence-electron chi connectivity index (χ1n) is 7.69. The molecule has 2 rings (SSSR count). The molecule has 0 aliphatic heterocycles. The minimum Gasteiger partial charge on any atom is -0.481 e. The van der Waals surface area contributed by atoms with Crippen LogP contribution >= 0.6 is 11.6 Å². The second kappa shape index (κ2) is 7.53. The fraction of sp³-hybridized carbons (Fsp3) is 0.278. The number of H-pyrrole nitrogens is 1. The standard InChI is InChI=1S/C18H19ClN2O4/c1-9-16(11(3)22)10(2)20-17(9)18(25)21-14(8-15(23)24)12-4-6-13(19)7-5-12/h4-7,14,20H,8H2,1-3H3,(H,21,25)(H,23,24)/t14-/m0/s1. The van der Waals surface area contributed by atoms with Crippen LogP contribution in [0.3, 0.4) is 0 Å². The molecule has 1 aromatic carbocycles. The van der Waals surface area contributed by atoms with Crippen LogP contribution in [0.2, 0.25) is 5.02 Å². The summed E-state index contributed by atoms with van der Waals surface area (Å²) < 4.78 is 0. The average molecular weight is 363 g/mol. The van der Waals surface area contributed by atoms with Gasteiger partial charge >= 0.3 is 5.97 Å². The molecule has 132 valence electrons. The zero-order chi connectivity index (χ0) is 18.7. The number of benzene rings is 1. The molecule has 0 radical (unpaired) electrons. The van der Waals surface area contributed by atoms with E-state index in [1.807, 2.05) is 0 Å². The van der Waals surface area contributed by atoms with Gasteiger partial charge in [-0.3, -0.25) is 14.4 Å². The van der Waals surface area contributed by atoms with Gasteiger partial charge in [0.2, 0.25) is 0 Å². The molecule has 2 aromatic rings. The van der Waals surface area contributed by atoms with Crippen molar-refractivity contribution < 1.29 is 19.5 Å². The number of carbonyl (C=O) groups is 3. The second-order valence-electron chi connectivity index (χ2n) is 5.86. The summed E-state index contributed by atoms with van der Waals surface area (Å²) in [4.78, 5) is 38.4. The van der Waals surface area contributed by atoms with Gasteiger partial charge in [0.05, 0.1) is 12.5 Å². The molecular formula is C18H19ClN2O4. The van der Waals surface area contributed by atoms with Gasteiger partial charge < -0.3 is 15.4 Å². The average Bonchev–Trinajstić information content (AvgIpc) is 2.81. The molecule has 1 aromatic heterocycles. The van der Waals surface area contributed by atoms with Gasteiger partial charge in [0.15, 0.2) is 5.78 Å². The molecule has 0 bridgehead atoms. The maximum absolute atomic E-state index is 12.6. The van der Waals surface area contributed by atoms with E-state index in [9.17, 15) is 14.4 Å². The maximum atomic E-state index is 12.6. The molecule has 1 atom stereocenters. The third-order valence-corrected chi connectivity index (χ3v) is 4.23. The Kier molecular flexibility index (Phi) is 5.64. The molecule has 0 unspecified atom stereocenters.